The Labute approximate surface area is 177 Å². The SMILES string of the molecule is CCC(C)(C)C1CCc2c(sc(NC(=O)/C=C/c3ccc(OC)cc3)c2C#N)C1. The molecule has 1 atom stereocenters. The van der Waals surface area contributed by atoms with Crippen LogP contribution in [0.3, 0.4) is 0 Å². The number of hydrogen-bond acceptors (Lipinski definition) is 4. The molecule has 0 spiro atoms. The van der Waals surface area contributed by atoms with Crippen molar-refractivity contribution in [1.29, 1.82) is 5.26 Å². The predicted octanol–water partition coefficient (Wildman–Crippen LogP) is 5.82. The number of ether oxygens (including phenoxy) is 1. The molecule has 1 aromatic carbocycles. The van der Waals surface area contributed by atoms with E-state index < -0.39 is 0 Å². The number of methoxy groups -OCH3 is 1. The van der Waals surface area contributed by atoms with Crippen LogP contribution in [0.4, 0.5) is 5.00 Å². The van der Waals surface area contributed by atoms with Gasteiger partial charge in [0.05, 0.1) is 12.7 Å². The van der Waals surface area contributed by atoms with E-state index in [9.17, 15) is 10.1 Å². The fourth-order valence-corrected chi connectivity index (χ4v) is 5.07. The summed E-state index contributed by atoms with van der Waals surface area (Å²) < 4.78 is 5.14. The van der Waals surface area contributed by atoms with Crippen molar-refractivity contribution >= 4 is 28.3 Å². The van der Waals surface area contributed by atoms with Gasteiger partial charge in [-0.3, -0.25) is 4.79 Å². The van der Waals surface area contributed by atoms with Crippen molar-refractivity contribution in [3.63, 3.8) is 0 Å². The number of benzene rings is 1. The van der Waals surface area contributed by atoms with Gasteiger partial charge in [0.1, 0.15) is 16.8 Å². The zero-order valence-electron chi connectivity index (χ0n) is 17.5. The molecule has 1 aliphatic carbocycles. The molecule has 5 heteroatoms. The minimum atomic E-state index is -0.221. The van der Waals surface area contributed by atoms with Gasteiger partial charge in [0.2, 0.25) is 5.91 Å². The number of carbonyl (C=O) groups is 1. The van der Waals surface area contributed by atoms with Gasteiger partial charge < -0.3 is 10.1 Å². The van der Waals surface area contributed by atoms with Crippen molar-refractivity contribution in [2.24, 2.45) is 11.3 Å². The van der Waals surface area contributed by atoms with Crippen LogP contribution in [0.25, 0.3) is 6.08 Å². The van der Waals surface area contributed by atoms with Gasteiger partial charge in [-0.2, -0.15) is 5.26 Å². The van der Waals surface area contributed by atoms with Crippen LogP contribution in [-0.2, 0) is 17.6 Å². The first kappa shape index (κ1) is 21.1. The summed E-state index contributed by atoms with van der Waals surface area (Å²) in [5.41, 5.74) is 2.98. The Bertz CT molecular complexity index is 948. The van der Waals surface area contributed by atoms with E-state index in [-0.39, 0.29) is 5.91 Å². The summed E-state index contributed by atoms with van der Waals surface area (Å²) in [6.45, 7) is 6.90. The predicted molar refractivity (Wildman–Crippen MR) is 119 cm³/mol. The Morgan fingerprint density at radius 2 is 2.10 bits per heavy atom. The third kappa shape index (κ3) is 4.71. The Morgan fingerprint density at radius 1 is 1.38 bits per heavy atom. The van der Waals surface area contributed by atoms with Crippen LogP contribution in [0.5, 0.6) is 5.75 Å². The number of thiophene rings is 1. The Morgan fingerprint density at radius 3 is 2.72 bits per heavy atom. The van der Waals surface area contributed by atoms with Crippen LogP contribution in [0.2, 0.25) is 0 Å². The zero-order valence-corrected chi connectivity index (χ0v) is 18.4. The molecule has 1 amide bonds. The van der Waals surface area contributed by atoms with Crippen molar-refractivity contribution in [2.45, 2.75) is 46.5 Å². The number of hydrogen-bond donors (Lipinski definition) is 1. The van der Waals surface area contributed by atoms with Gasteiger partial charge in [-0.25, -0.2) is 0 Å². The molecule has 0 aliphatic heterocycles. The maximum atomic E-state index is 12.4. The quantitative estimate of drug-likeness (QED) is 0.613. The van der Waals surface area contributed by atoms with Gasteiger partial charge in [0.25, 0.3) is 0 Å². The van der Waals surface area contributed by atoms with Crippen LogP contribution in [-0.4, -0.2) is 13.0 Å². The highest BCUT2D eigenvalue weighted by Crippen LogP contribution is 2.45. The molecule has 0 bridgehead atoms. The van der Waals surface area contributed by atoms with E-state index in [1.165, 1.54) is 11.0 Å². The summed E-state index contributed by atoms with van der Waals surface area (Å²) in [5, 5.41) is 13.3. The molecule has 1 N–H and O–H groups in total. The molecule has 152 valence electrons. The number of nitrogens with one attached hydrogen (secondary N) is 1. The lowest BCUT2D eigenvalue weighted by molar-refractivity contribution is -0.111. The monoisotopic (exact) mass is 408 g/mol. The maximum absolute atomic E-state index is 12.4. The second kappa shape index (κ2) is 8.84. The molecule has 2 aromatic rings. The van der Waals surface area contributed by atoms with Crippen LogP contribution < -0.4 is 10.1 Å². The lowest BCUT2D eigenvalue weighted by Crippen LogP contribution is -2.28. The van der Waals surface area contributed by atoms with E-state index in [4.69, 9.17) is 4.74 Å². The zero-order chi connectivity index (χ0) is 21.0. The molecule has 0 radical (unpaired) electrons. The topological polar surface area (TPSA) is 62.1 Å². The van der Waals surface area contributed by atoms with Crippen LogP contribution in [0.15, 0.2) is 30.3 Å². The minimum Gasteiger partial charge on any atom is -0.497 e. The van der Waals surface area contributed by atoms with Gasteiger partial charge in [0, 0.05) is 11.0 Å². The molecule has 29 heavy (non-hydrogen) atoms. The highest BCUT2D eigenvalue weighted by atomic mass is 32.1. The molecule has 0 fully saturated rings. The second-order valence-electron chi connectivity index (χ2n) is 8.20. The highest BCUT2D eigenvalue weighted by Gasteiger charge is 2.33. The summed E-state index contributed by atoms with van der Waals surface area (Å²) in [6, 6.07) is 9.81. The van der Waals surface area contributed by atoms with E-state index in [0.29, 0.717) is 21.9 Å². The first-order valence-electron chi connectivity index (χ1n) is 10.1. The van der Waals surface area contributed by atoms with Gasteiger partial charge in [-0.1, -0.05) is 39.3 Å². The largest absolute Gasteiger partial charge is 0.497 e. The lowest BCUT2D eigenvalue weighted by atomic mass is 9.69. The Hall–Kier alpha value is -2.58. The van der Waals surface area contributed by atoms with Crippen molar-refractivity contribution in [3.8, 4) is 11.8 Å². The Kier molecular flexibility index (Phi) is 6.44. The van der Waals surface area contributed by atoms with Crippen LogP contribution in [0.1, 0.15) is 55.2 Å². The van der Waals surface area contributed by atoms with E-state index in [1.807, 2.05) is 24.3 Å². The van der Waals surface area contributed by atoms with E-state index in [2.05, 4.69) is 32.2 Å². The summed E-state index contributed by atoms with van der Waals surface area (Å²) in [7, 11) is 1.62. The molecule has 1 aromatic heterocycles. The summed E-state index contributed by atoms with van der Waals surface area (Å²) >= 11 is 1.57. The average molecular weight is 409 g/mol. The minimum absolute atomic E-state index is 0.221. The third-order valence-corrected chi connectivity index (χ3v) is 7.34. The smallest absolute Gasteiger partial charge is 0.249 e. The van der Waals surface area contributed by atoms with Crippen LogP contribution in [0, 0.1) is 22.7 Å². The van der Waals surface area contributed by atoms with E-state index >= 15 is 0 Å². The first-order valence-corrected chi connectivity index (χ1v) is 10.9. The van der Waals surface area contributed by atoms with Crippen molar-refractivity contribution in [1.82, 2.24) is 0 Å². The molecule has 3 rings (SSSR count). The fraction of sp³-hybridized carbons (Fsp3) is 0.417. The lowest BCUT2D eigenvalue weighted by Gasteiger charge is -2.36. The number of rotatable bonds is 6. The molecule has 1 heterocycles. The maximum Gasteiger partial charge on any atom is 0.249 e. The van der Waals surface area contributed by atoms with Crippen molar-refractivity contribution < 1.29 is 9.53 Å². The van der Waals surface area contributed by atoms with Crippen molar-refractivity contribution in [2.75, 3.05) is 12.4 Å². The Balaban J connectivity index is 1.73. The fourth-order valence-electron chi connectivity index (χ4n) is 3.79. The van der Waals surface area contributed by atoms with E-state index in [0.717, 1.165) is 42.6 Å². The normalized spacial score (nSPS) is 16.3. The molecule has 1 unspecified atom stereocenters. The summed E-state index contributed by atoms with van der Waals surface area (Å²) in [6.07, 6.45) is 7.42. The second-order valence-corrected chi connectivity index (χ2v) is 9.30. The van der Waals surface area contributed by atoms with Gasteiger partial charge >= 0.3 is 0 Å². The van der Waals surface area contributed by atoms with E-state index in [1.54, 1.807) is 24.5 Å². The third-order valence-electron chi connectivity index (χ3n) is 6.17. The van der Waals surface area contributed by atoms with Gasteiger partial charge in [0.15, 0.2) is 0 Å². The number of amides is 1. The summed E-state index contributed by atoms with van der Waals surface area (Å²) in [4.78, 5) is 13.7. The number of fused-ring (bicyclic) bond motifs is 1. The number of carbonyl (C=O) groups excluding carboxylic acids is 1. The molecule has 0 saturated heterocycles. The summed E-state index contributed by atoms with van der Waals surface area (Å²) in [5.74, 6) is 1.17. The number of anilines is 1. The standard InChI is InChI=1S/C24H28N2O2S/c1-5-24(2,3)17-9-12-19-20(15-25)23(29-21(19)14-17)26-22(27)13-8-16-6-10-18(28-4)11-7-16/h6-8,10-11,13,17H,5,9,12,14H2,1-4H3,(H,26,27)/b13-8+. The van der Waals surface area contributed by atoms with Gasteiger partial charge in [-0.15, -0.1) is 11.3 Å². The van der Waals surface area contributed by atoms with Crippen molar-refractivity contribution in [3.05, 3.63) is 51.9 Å². The molecular formula is C24H28N2O2S. The first-order chi connectivity index (χ1) is 13.9. The molecule has 0 saturated carbocycles. The number of nitrogens with zero attached hydrogens (tertiary/aromatic N) is 1. The highest BCUT2D eigenvalue weighted by molar-refractivity contribution is 7.16. The molecule has 1 aliphatic rings. The average Bonchev–Trinajstić information content (AvgIpc) is 3.08. The van der Waals surface area contributed by atoms with Crippen LogP contribution >= 0.6 is 11.3 Å². The number of nitriles is 1. The molecule has 4 nitrogen and oxygen atoms in total. The van der Waals surface area contributed by atoms with Gasteiger partial charge in [-0.05, 0) is 59.9 Å². The molecular weight excluding hydrogens is 380 g/mol.